The van der Waals surface area contributed by atoms with Crippen LogP contribution in [0.15, 0.2) is 48.5 Å². The number of nitrogens with zero attached hydrogens (tertiary/aromatic N) is 1. The van der Waals surface area contributed by atoms with Gasteiger partial charge in [0, 0.05) is 12.2 Å². The Labute approximate surface area is 138 Å². The van der Waals surface area contributed by atoms with Crippen LogP contribution in [0.1, 0.15) is 12.0 Å². The number of primary amides is 1. The van der Waals surface area contributed by atoms with E-state index in [-0.39, 0.29) is 11.7 Å². The number of nitrogens with two attached hydrogens (primary N) is 1. The Morgan fingerprint density at radius 3 is 2.42 bits per heavy atom. The molecule has 1 atom stereocenters. The number of anilines is 1. The van der Waals surface area contributed by atoms with E-state index >= 15 is 0 Å². The van der Waals surface area contributed by atoms with Gasteiger partial charge >= 0.3 is 0 Å². The summed E-state index contributed by atoms with van der Waals surface area (Å²) in [4.78, 5) is 24.9. The highest BCUT2D eigenvalue weighted by Crippen LogP contribution is 2.27. The molecular weight excluding hydrogens is 311 g/mol. The Morgan fingerprint density at radius 2 is 1.83 bits per heavy atom. The molecule has 0 radical (unpaired) electrons. The van der Waals surface area contributed by atoms with Gasteiger partial charge in [-0.2, -0.15) is 0 Å². The van der Waals surface area contributed by atoms with Crippen molar-refractivity contribution >= 4 is 17.5 Å². The molecule has 3 rings (SSSR count). The first-order valence-electron chi connectivity index (χ1n) is 7.62. The highest BCUT2D eigenvalue weighted by molar-refractivity contribution is 6.09. The van der Waals surface area contributed by atoms with Crippen molar-refractivity contribution in [2.75, 3.05) is 11.4 Å². The minimum absolute atomic E-state index is 0.262. The maximum absolute atomic E-state index is 12.8. The summed E-state index contributed by atoms with van der Waals surface area (Å²) in [5.74, 6) is -1.22. The van der Waals surface area contributed by atoms with Crippen LogP contribution >= 0.6 is 0 Å². The third-order valence-corrected chi connectivity index (χ3v) is 4.02. The molecule has 0 aliphatic carbocycles. The van der Waals surface area contributed by atoms with Crippen LogP contribution in [-0.2, 0) is 16.2 Å². The number of carbonyl (C=O) groups is 2. The van der Waals surface area contributed by atoms with Crippen LogP contribution < -0.4 is 15.4 Å². The number of amides is 2. The van der Waals surface area contributed by atoms with Crippen LogP contribution in [0.25, 0.3) is 0 Å². The lowest BCUT2D eigenvalue weighted by Crippen LogP contribution is -2.33. The van der Waals surface area contributed by atoms with Gasteiger partial charge in [-0.1, -0.05) is 12.1 Å². The first-order chi connectivity index (χ1) is 11.5. The van der Waals surface area contributed by atoms with E-state index in [0.29, 0.717) is 31.0 Å². The molecule has 24 heavy (non-hydrogen) atoms. The molecule has 1 fully saturated rings. The summed E-state index contributed by atoms with van der Waals surface area (Å²) < 4.78 is 18.5. The Balaban J connectivity index is 1.62. The summed E-state index contributed by atoms with van der Waals surface area (Å²) in [6.45, 7) is 0.800. The van der Waals surface area contributed by atoms with Gasteiger partial charge in [0.05, 0.1) is 0 Å². The molecule has 2 amide bonds. The minimum Gasteiger partial charge on any atom is -0.489 e. The molecule has 0 unspecified atom stereocenters. The van der Waals surface area contributed by atoms with Crippen LogP contribution in [0, 0.1) is 11.7 Å². The molecular formula is C18H17FN2O3. The van der Waals surface area contributed by atoms with Crippen molar-refractivity contribution < 1.29 is 18.7 Å². The molecule has 1 aliphatic heterocycles. The van der Waals surface area contributed by atoms with Crippen molar-refractivity contribution in [3.05, 3.63) is 59.9 Å². The first kappa shape index (κ1) is 16.0. The molecule has 2 aromatic carbocycles. The molecule has 2 aromatic rings. The van der Waals surface area contributed by atoms with E-state index in [2.05, 4.69) is 0 Å². The topological polar surface area (TPSA) is 72.6 Å². The maximum atomic E-state index is 12.8. The summed E-state index contributed by atoms with van der Waals surface area (Å²) in [6.07, 6.45) is 0.441. The molecule has 6 heteroatoms. The molecule has 124 valence electrons. The molecule has 5 nitrogen and oxygen atoms in total. The summed E-state index contributed by atoms with van der Waals surface area (Å²) in [6, 6.07) is 13.1. The van der Waals surface area contributed by atoms with E-state index in [1.165, 1.54) is 12.1 Å². The number of benzene rings is 2. The van der Waals surface area contributed by atoms with E-state index in [0.717, 1.165) is 5.56 Å². The number of carbonyl (C=O) groups excluding carboxylic acids is 2. The van der Waals surface area contributed by atoms with E-state index in [1.807, 2.05) is 0 Å². The van der Waals surface area contributed by atoms with E-state index < -0.39 is 11.8 Å². The Morgan fingerprint density at radius 1 is 1.17 bits per heavy atom. The van der Waals surface area contributed by atoms with E-state index in [4.69, 9.17) is 10.5 Å². The van der Waals surface area contributed by atoms with Crippen LogP contribution in [0.4, 0.5) is 10.1 Å². The van der Waals surface area contributed by atoms with Crippen LogP contribution in [-0.4, -0.2) is 18.4 Å². The second-order valence-corrected chi connectivity index (χ2v) is 5.64. The Hall–Kier alpha value is -2.89. The summed E-state index contributed by atoms with van der Waals surface area (Å²) >= 11 is 0. The monoisotopic (exact) mass is 328 g/mol. The number of halogens is 1. The second-order valence-electron chi connectivity index (χ2n) is 5.64. The molecule has 0 aromatic heterocycles. The number of rotatable bonds is 5. The number of hydrogen-bond acceptors (Lipinski definition) is 3. The fraction of sp³-hybridized carbons (Fsp3) is 0.222. The zero-order valence-electron chi connectivity index (χ0n) is 12.9. The fourth-order valence-corrected chi connectivity index (χ4v) is 2.67. The SMILES string of the molecule is NC(=O)[C@@H]1CCN(c2ccc(OCc3ccc(F)cc3)cc2)C1=O. The first-order valence-corrected chi connectivity index (χ1v) is 7.62. The van der Waals surface area contributed by atoms with Gasteiger partial charge in [0.1, 0.15) is 24.1 Å². The van der Waals surface area contributed by atoms with Gasteiger partial charge in [-0.15, -0.1) is 0 Å². The molecule has 2 N–H and O–H groups in total. The largest absolute Gasteiger partial charge is 0.489 e. The average molecular weight is 328 g/mol. The smallest absolute Gasteiger partial charge is 0.239 e. The lowest BCUT2D eigenvalue weighted by molar-refractivity contribution is -0.130. The zero-order valence-corrected chi connectivity index (χ0v) is 12.9. The molecule has 0 bridgehead atoms. The van der Waals surface area contributed by atoms with Crippen molar-refractivity contribution in [2.24, 2.45) is 11.7 Å². The van der Waals surface area contributed by atoms with Crippen LogP contribution in [0.2, 0.25) is 0 Å². The molecule has 1 saturated heterocycles. The predicted octanol–water partition coefficient (Wildman–Crippen LogP) is 2.24. The predicted molar refractivity (Wildman–Crippen MR) is 86.8 cm³/mol. The van der Waals surface area contributed by atoms with E-state index in [1.54, 1.807) is 41.3 Å². The van der Waals surface area contributed by atoms with Gasteiger partial charge in [0.15, 0.2) is 0 Å². The molecule has 0 saturated carbocycles. The lowest BCUT2D eigenvalue weighted by Gasteiger charge is -2.17. The van der Waals surface area contributed by atoms with Gasteiger partial charge < -0.3 is 15.4 Å². The van der Waals surface area contributed by atoms with Crippen molar-refractivity contribution in [2.45, 2.75) is 13.0 Å². The van der Waals surface area contributed by atoms with Gasteiger partial charge in [-0.25, -0.2) is 4.39 Å². The van der Waals surface area contributed by atoms with Crippen LogP contribution in [0.5, 0.6) is 5.75 Å². The van der Waals surface area contributed by atoms with Crippen molar-refractivity contribution in [3.8, 4) is 5.75 Å². The lowest BCUT2D eigenvalue weighted by atomic mass is 10.1. The quantitative estimate of drug-likeness (QED) is 0.856. The van der Waals surface area contributed by atoms with Gasteiger partial charge in [0.2, 0.25) is 11.8 Å². The Bertz CT molecular complexity index is 744. The number of hydrogen-bond donors (Lipinski definition) is 1. The number of ether oxygens (including phenoxy) is 1. The third kappa shape index (κ3) is 3.37. The molecule has 0 spiro atoms. The average Bonchev–Trinajstić information content (AvgIpc) is 2.97. The van der Waals surface area contributed by atoms with Gasteiger partial charge in [0.25, 0.3) is 0 Å². The van der Waals surface area contributed by atoms with Gasteiger partial charge in [-0.05, 0) is 48.4 Å². The van der Waals surface area contributed by atoms with E-state index in [9.17, 15) is 14.0 Å². The van der Waals surface area contributed by atoms with Crippen molar-refractivity contribution in [1.82, 2.24) is 0 Å². The third-order valence-electron chi connectivity index (χ3n) is 4.02. The highest BCUT2D eigenvalue weighted by atomic mass is 19.1. The van der Waals surface area contributed by atoms with Crippen molar-refractivity contribution in [1.29, 1.82) is 0 Å². The summed E-state index contributed by atoms with van der Waals surface area (Å²) in [5.41, 5.74) is 6.79. The second kappa shape index (κ2) is 6.70. The molecule has 1 heterocycles. The normalized spacial score (nSPS) is 17.1. The summed E-state index contributed by atoms with van der Waals surface area (Å²) in [5, 5.41) is 0. The molecule has 1 aliphatic rings. The van der Waals surface area contributed by atoms with Crippen LogP contribution in [0.3, 0.4) is 0 Å². The zero-order chi connectivity index (χ0) is 17.1. The van der Waals surface area contributed by atoms with Gasteiger partial charge in [-0.3, -0.25) is 9.59 Å². The fourth-order valence-electron chi connectivity index (χ4n) is 2.67. The standard InChI is InChI=1S/C18H17FN2O3/c19-13-3-1-12(2-4-13)11-24-15-7-5-14(6-8-15)21-10-9-16(17(20)22)18(21)23/h1-8,16H,9-11H2,(H2,20,22)/t16-/m0/s1. The summed E-state index contributed by atoms with van der Waals surface area (Å²) in [7, 11) is 0. The highest BCUT2D eigenvalue weighted by Gasteiger charge is 2.36. The Kier molecular flexibility index (Phi) is 4.46. The van der Waals surface area contributed by atoms with Crippen molar-refractivity contribution in [3.63, 3.8) is 0 Å². The maximum Gasteiger partial charge on any atom is 0.239 e. The minimum atomic E-state index is -0.737.